The van der Waals surface area contributed by atoms with Gasteiger partial charge in [0.05, 0.1) is 19.4 Å². The lowest BCUT2D eigenvalue weighted by atomic mass is 10.1. The Morgan fingerprint density at radius 3 is 0.819 bits per heavy atom. The lowest BCUT2D eigenvalue weighted by Gasteiger charge is -2.29. The van der Waals surface area contributed by atoms with Gasteiger partial charge in [-0.05, 0) is 0 Å². The van der Waals surface area contributed by atoms with E-state index < -0.39 is 210 Å². The number of hydrogen-bond donors (Lipinski definition) is 10. The molecule has 0 aliphatic carbocycles. The molecular formula is C37H44N6O29. The highest BCUT2D eigenvalue weighted by Gasteiger charge is 2.38. The van der Waals surface area contributed by atoms with Gasteiger partial charge < -0.3 is 89.9 Å². The van der Waals surface area contributed by atoms with Gasteiger partial charge in [-0.25, -0.2) is 0 Å². The summed E-state index contributed by atoms with van der Waals surface area (Å²) in [4.78, 5) is 209. The molecule has 0 aliphatic heterocycles. The van der Waals surface area contributed by atoms with Gasteiger partial charge in [0.1, 0.15) is 77.8 Å². The van der Waals surface area contributed by atoms with Crippen molar-refractivity contribution in [3.8, 4) is 0 Å². The summed E-state index contributed by atoms with van der Waals surface area (Å²) < 4.78 is 9.90. The Hall–Kier alpha value is -9.73. The SMILES string of the molecule is C=C(O)CN(CC(=O)O)C(=O)C(CC(=O)N(CC(=O)O)CC(=O)O)OC(=O)CN(CC(=O)O)C(=O)C(CC(=O)N(CC(=O)O)CC(=O)O)OC(=O)CN(CC(=O)O)C(=O)/C=C\C(=O)N(CC(=O)O)CC(=O)O. The second kappa shape index (κ2) is 29.9. The second-order valence-electron chi connectivity index (χ2n) is 14.1. The van der Waals surface area contributed by atoms with Gasteiger partial charge in [0.2, 0.25) is 23.6 Å². The molecule has 0 radical (unpaired) electrons. The average Bonchev–Trinajstić information content (AvgIpc) is 3.21. The summed E-state index contributed by atoms with van der Waals surface area (Å²) in [5.74, 6) is -31.4. The van der Waals surface area contributed by atoms with E-state index in [-0.39, 0.29) is 41.6 Å². The summed E-state index contributed by atoms with van der Waals surface area (Å²) in [6.45, 7) is -13.9. The van der Waals surface area contributed by atoms with Crippen LogP contribution < -0.4 is 0 Å². The third-order valence-corrected chi connectivity index (χ3v) is 8.09. The van der Waals surface area contributed by atoms with Crippen LogP contribution >= 0.6 is 0 Å². The zero-order valence-corrected chi connectivity index (χ0v) is 36.8. The molecule has 0 heterocycles. The summed E-state index contributed by atoms with van der Waals surface area (Å²) in [7, 11) is 0. The fourth-order valence-electron chi connectivity index (χ4n) is 5.40. The Bertz CT molecular complexity index is 2180. The van der Waals surface area contributed by atoms with Crippen molar-refractivity contribution in [2.75, 3.05) is 78.5 Å². The van der Waals surface area contributed by atoms with Gasteiger partial charge in [-0.1, -0.05) is 6.58 Å². The van der Waals surface area contributed by atoms with Gasteiger partial charge in [-0.3, -0.25) is 81.5 Å². The number of esters is 2. The van der Waals surface area contributed by atoms with Crippen LogP contribution in [0.2, 0.25) is 0 Å². The first-order valence-corrected chi connectivity index (χ1v) is 19.3. The highest BCUT2D eigenvalue weighted by Crippen LogP contribution is 2.14. The van der Waals surface area contributed by atoms with E-state index in [0.29, 0.717) is 0 Å². The molecule has 0 aromatic carbocycles. The van der Waals surface area contributed by atoms with Crippen LogP contribution in [-0.4, -0.2) is 272 Å². The molecule has 0 bridgehead atoms. The zero-order valence-electron chi connectivity index (χ0n) is 36.8. The topological polar surface area (TPSA) is 530 Å². The average molecular weight is 1040 g/mol. The van der Waals surface area contributed by atoms with E-state index in [2.05, 4.69) is 6.58 Å². The molecule has 0 aromatic rings. The maximum atomic E-state index is 14.0. The monoisotopic (exact) mass is 1040 g/mol. The largest absolute Gasteiger partial charge is 0.511 e. The van der Waals surface area contributed by atoms with Gasteiger partial charge in [0.25, 0.3) is 11.8 Å². The fraction of sp³-hybridized carbons (Fsp3) is 0.432. The molecule has 0 saturated carbocycles. The summed E-state index contributed by atoms with van der Waals surface area (Å²) in [6, 6.07) is 0. The second-order valence-corrected chi connectivity index (χ2v) is 14.1. The van der Waals surface area contributed by atoms with Gasteiger partial charge in [-0.15, -0.1) is 0 Å². The predicted octanol–water partition coefficient (Wildman–Crippen LogP) is -7.05. The molecule has 2 unspecified atom stereocenters. The molecule has 0 aliphatic rings. The maximum absolute atomic E-state index is 14.0. The van der Waals surface area contributed by atoms with Crippen LogP contribution in [0.3, 0.4) is 0 Å². The molecule has 0 aromatic heterocycles. The Morgan fingerprint density at radius 1 is 0.333 bits per heavy atom. The molecular weight excluding hydrogens is 992 g/mol. The van der Waals surface area contributed by atoms with Crippen molar-refractivity contribution in [2.45, 2.75) is 25.0 Å². The minimum atomic E-state index is -2.83. The van der Waals surface area contributed by atoms with E-state index in [4.69, 9.17) is 19.7 Å². The predicted molar refractivity (Wildman–Crippen MR) is 218 cm³/mol. The Balaban J connectivity index is 7.39. The number of aliphatic carboxylic acids is 9. The minimum absolute atomic E-state index is 0.0315. The molecule has 10 N–H and O–H groups in total. The number of nitrogens with zero attached hydrogens (tertiary/aromatic N) is 6. The number of carbonyl (C=O) groups excluding carboxylic acids is 8. The number of aliphatic hydroxyl groups excluding tert-OH is 1. The van der Waals surface area contributed by atoms with Gasteiger partial charge >= 0.3 is 65.7 Å². The molecule has 0 saturated heterocycles. The molecule has 35 heteroatoms. The van der Waals surface area contributed by atoms with E-state index in [1.165, 1.54) is 0 Å². The molecule has 0 spiro atoms. The van der Waals surface area contributed by atoms with Crippen molar-refractivity contribution in [1.29, 1.82) is 0 Å². The van der Waals surface area contributed by atoms with E-state index in [1.807, 2.05) is 0 Å². The van der Waals surface area contributed by atoms with Gasteiger partial charge in [0, 0.05) is 12.2 Å². The molecule has 0 rings (SSSR count). The summed E-state index contributed by atoms with van der Waals surface area (Å²) in [5, 5.41) is 92.8. The molecule has 2 atom stereocenters. The maximum Gasteiger partial charge on any atom is 0.326 e. The smallest absolute Gasteiger partial charge is 0.326 e. The van der Waals surface area contributed by atoms with Gasteiger partial charge in [0.15, 0.2) is 12.2 Å². The van der Waals surface area contributed by atoms with Crippen LogP contribution in [0.5, 0.6) is 0 Å². The third kappa shape index (κ3) is 25.4. The van der Waals surface area contributed by atoms with Crippen LogP contribution in [0.25, 0.3) is 0 Å². The number of carboxylic acid groups (broad SMARTS) is 9. The van der Waals surface area contributed by atoms with Crippen molar-refractivity contribution in [2.24, 2.45) is 0 Å². The Labute approximate surface area is 400 Å². The first kappa shape index (κ1) is 62.3. The number of hydrogen-bond acceptors (Lipinski definition) is 20. The summed E-state index contributed by atoms with van der Waals surface area (Å²) >= 11 is 0. The zero-order chi connectivity index (χ0) is 55.7. The normalized spacial score (nSPS) is 11.3. The lowest BCUT2D eigenvalue weighted by molar-refractivity contribution is -0.171. The summed E-state index contributed by atoms with van der Waals surface area (Å²) in [5.41, 5.74) is 0. The van der Waals surface area contributed by atoms with Crippen LogP contribution in [0.15, 0.2) is 24.5 Å². The minimum Gasteiger partial charge on any atom is -0.511 e. The van der Waals surface area contributed by atoms with Crippen LogP contribution in [-0.2, 0) is 91.0 Å². The molecule has 72 heavy (non-hydrogen) atoms. The molecule has 6 amide bonds. The Kier molecular flexibility index (Phi) is 25.9. The quantitative estimate of drug-likeness (QED) is 0.0163. The van der Waals surface area contributed by atoms with Gasteiger partial charge in [-0.2, -0.15) is 0 Å². The number of rotatable bonds is 34. The van der Waals surface area contributed by atoms with Crippen molar-refractivity contribution in [3.63, 3.8) is 0 Å². The van der Waals surface area contributed by atoms with Crippen molar-refractivity contribution < 1.29 is 142 Å². The third-order valence-electron chi connectivity index (χ3n) is 8.09. The lowest BCUT2D eigenvalue weighted by Crippen LogP contribution is -2.51. The number of ether oxygens (including phenoxy) is 2. The molecule has 35 nitrogen and oxygen atoms in total. The molecule has 396 valence electrons. The van der Waals surface area contributed by atoms with E-state index in [0.717, 1.165) is 0 Å². The van der Waals surface area contributed by atoms with Crippen molar-refractivity contribution >= 4 is 101 Å². The number of amides is 6. The highest BCUT2D eigenvalue weighted by atomic mass is 16.6. The highest BCUT2D eigenvalue weighted by molar-refractivity contribution is 6.01. The number of carbonyl (C=O) groups is 17. The number of aliphatic hydroxyl groups is 1. The standard InChI is InChI=1S/C37H44N6O29/c1-18(44)6-42(14-32(63)64)36(69)19(4-23(47)39(9-27(53)54)10-28(55)56)72-35(68)17-43(15-33(65)66)37(70)20(5-24(48)40(11-29(57)58)12-30(59)60)71-34(67)16-41(13-31(61)62)22(46)3-2-21(45)38(7-25(49)50)8-26(51)52/h2-3,19-20,44H,1,4-17H2,(H,49,50)(H,51,52)(H,53,54)(H,55,56)(H,57,58)(H,59,60)(H,61,62)(H,63,64)(H,65,66)/b3-2-. The number of carboxylic acids is 9. The van der Waals surface area contributed by atoms with Crippen LogP contribution in [0.4, 0.5) is 0 Å². The van der Waals surface area contributed by atoms with Crippen LogP contribution in [0.1, 0.15) is 12.8 Å². The Morgan fingerprint density at radius 2 is 0.556 bits per heavy atom. The van der Waals surface area contributed by atoms with Crippen LogP contribution in [0, 0.1) is 0 Å². The summed E-state index contributed by atoms with van der Waals surface area (Å²) in [6.07, 6.45) is -8.19. The van der Waals surface area contributed by atoms with E-state index in [1.54, 1.807) is 0 Å². The van der Waals surface area contributed by atoms with Crippen molar-refractivity contribution in [1.82, 2.24) is 29.4 Å². The van der Waals surface area contributed by atoms with E-state index in [9.17, 15) is 122 Å². The van der Waals surface area contributed by atoms with E-state index >= 15 is 0 Å². The van der Waals surface area contributed by atoms with Crippen molar-refractivity contribution in [3.05, 3.63) is 24.5 Å². The first-order chi connectivity index (χ1) is 33.2. The fourth-order valence-corrected chi connectivity index (χ4v) is 5.40. The first-order valence-electron chi connectivity index (χ1n) is 19.3. The molecule has 0 fully saturated rings.